The van der Waals surface area contributed by atoms with E-state index in [2.05, 4.69) is 15.1 Å². The molecule has 0 aliphatic heterocycles. The Morgan fingerprint density at radius 1 is 1.62 bits per heavy atom. The van der Waals surface area contributed by atoms with Gasteiger partial charge in [-0.25, -0.2) is 4.98 Å². The summed E-state index contributed by atoms with van der Waals surface area (Å²) in [7, 11) is 0. The maximum absolute atomic E-state index is 10.5. The lowest BCUT2D eigenvalue weighted by Crippen LogP contribution is -2.14. The summed E-state index contributed by atoms with van der Waals surface area (Å²) >= 11 is 0. The molecule has 8 heteroatoms. The highest BCUT2D eigenvalue weighted by atomic mass is 16.6. The van der Waals surface area contributed by atoms with E-state index in [0.717, 1.165) is 0 Å². The molecule has 0 atom stereocenters. The standard InChI is InChI=1S/C8H7N5O3/c9-7(12-14)8-10-5-2-1-4(13(15)16)3-6(5)11-8/h1-3,14H,(H2,9,12)(H,10,11). The molecule has 1 aromatic carbocycles. The van der Waals surface area contributed by atoms with E-state index >= 15 is 0 Å². The molecule has 2 rings (SSSR count). The van der Waals surface area contributed by atoms with E-state index in [1.807, 2.05) is 0 Å². The molecule has 8 nitrogen and oxygen atoms in total. The van der Waals surface area contributed by atoms with Gasteiger partial charge in [0.15, 0.2) is 5.82 Å². The fourth-order valence-corrected chi connectivity index (χ4v) is 1.28. The molecule has 2 aromatic rings. The topological polar surface area (TPSA) is 130 Å². The molecular weight excluding hydrogens is 214 g/mol. The van der Waals surface area contributed by atoms with Gasteiger partial charge >= 0.3 is 0 Å². The van der Waals surface area contributed by atoms with Crippen LogP contribution < -0.4 is 5.73 Å². The van der Waals surface area contributed by atoms with Gasteiger partial charge in [0.25, 0.3) is 5.69 Å². The number of hydrogen-bond acceptors (Lipinski definition) is 5. The zero-order chi connectivity index (χ0) is 11.7. The first-order valence-corrected chi connectivity index (χ1v) is 4.24. The molecule has 0 aliphatic carbocycles. The van der Waals surface area contributed by atoms with Crippen molar-refractivity contribution in [3.63, 3.8) is 0 Å². The highest BCUT2D eigenvalue weighted by molar-refractivity contribution is 5.96. The molecule has 0 unspecified atom stereocenters. The molecule has 0 amide bonds. The lowest BCUT2D eigenvalue weighted by atomic mass is 10.3. The van der Waals surface area contributed by atoms with Gasteiger partial charge in [0, 0.05) is 12.1 Å². The van der Waals surface area contributed by atoms with Crippen LogP contribution in [0.15, 0.2) is 23.4 Å². The molecule has 4 N–H and O–H groups in total. The van der Waals surface area contributed by atoms with E-state index in [-0.39, 0.29) is 17.3 Å². The van der Waals surface area contributed by atoms with Crippen LogP contribution >= 0.6 is 0 Å². The smallest absolute Gasteiger partial charge is 0.271 e. The Labute approximate surface area is 88.5 Å². The molecule has 0 bridgehead atoms. The number of H-pyrrole nitrogens is 1. The lowest BCUT2D eigenvalue weighted by Gasteiger charge is -1.89. The fraction of sp³-hybridized carbons (Fsp3) is 0. The van der Waals surface area contributed by atoms with Gasteiger partial charge in [-0.2, -0.15) is 0 Å². The number of non-ortho nitro benzene ring substituents is 1. The first-order valence-electron chi connectivity index (χ1n) is 4.24. The van der Waals surface area contributed by atoms with Crippen molar-refractivity contribution in [1.82, 2.24) is 9.97 Å². The summed E-state index contributed by atoms with van der Waals surface area (Å²) < 4.78 is 0. The van der Waals surface area contributed by atoms with E-state index in [4.69, 9.17) is 10.9 Å². The molecule has 0 saturated heterocycles. The van der Waals surface area contributed by atoms with Crippen LogP contribution in [0.2, 0.25) is 0 Å². The van der Waals surface area contributed by atoms with Crippen molar-refractivity contribution < 1.29 is 10.1 Å². The second kappa shape index (κ2) is 3.50. The first-order chi connectivity index (χ1) is 7.61. The van der Waals surface area contributed by atoms with Crippen molar-refractivity contribution in [1.29, 1.82) is 0 Å². The van der Waals surface area contributed by atoms with E-state index in [9.17, 15) is 10.1 Å². The number of aromatic nitrogens is 2. The number of nitrogens with zero attached hydrogens (tertiary/aromatic N) is 3. The number of nitrogens with two attached hydrogens (primary N) is 1. The number of fused-ring (bicyclic) bond motifs is 1. The Balaban J connectivity index is 2.58. The average Bonchev–Trinajstić information content (AvgIpc) is 2.70. The van der Waals surface area contributed by atoms with Crippen molar-refractivity contribution >= 4 is 22.6 Å². The summed E-state index contributed by atoms with van der Waals surface area (Å²) in [5.41, 5.74) is 6.24. The number of benzene rings is 1. The second-order valence-corrected chi connectivity index (χ2v) is 3.03. The summed E-state index contributed by atoms with van der Waals surface area (Å²) in [5, 5.41) is 21.8. The number of rotatable bonds is 2. The average molecular weight is 221 g/mol. The summed E-state index contributed by atoms with van der Waals surface area (Å²) in [6, 6.07) is 4.15. The summed E-state index contributed by atoms with van der Waals surface area (Å²) in [6.07, 6.45) is 0. The van der Waals surface area contributed by atoms with Crippen LogP contribution in [0, 0.1) is 10.1 Å². The van der Waals surface area contributed by atoms with Gasteiger partial charge in [-0.05, 0) is 6.07 Å². The zero-order valence-electron chi connectivity index (χ0n) is 7.91. The van der Waals surface area contributed by atoms with E-state index < -0.39 is 4.92 Å². The van der Waals surface area contributed by atoms with E-state index in [0.29, 0.717) is 11.0 Å². The van der Waals surface area contributed by atoms with Gasteiger partial charge in [-0.3, -0.25) is 10.1 Å². The normalized spacial score (nSPS) is 11.9. The molecule has 1 aromatic heterocycles. The van der Waals surface area contributed by atoms with Crippen LogP contribution in [0.5, 0.6) is 0 Å². The predicted molar refractivity (Wildman–Crippen MR) is 55.3 cm³/mol. The zero-order valence-corrected chi connectivity index (χ0v) is 7.91. The number of imidazole rings is 1. The van der Waals surface area contributed by atoms with E-state index in [1.54, 1.807) is 0 Å². The third kappa shape index (κ3) is 1.52. The monoisotopic (exact) mass is 221 g/mol. The minimum atomic E-state index is -0.510. The maximum Gasteiger partial charge on any atom is 0.271 e. The van der Waals surface area contributed by atoms with Crippen molar-refractivity contribution in [3.8, 4) is 0 Å². The first kappa shape index (κ1) is 9.90. The van der Waals surface area contributed by atoms with Crippen LogP contribution in [0.4, 0.5) is 5.69 Å². The summed E-state index contributed by atoms with van der Waals surface area (Å²) in [5.74, 6) is -0.0168. The molecular formula is C8H7N5O3. The van der Waals surface area contributed by atoms with Crippen LogP contribution in [0.25, 0.3) is 11.0 Å². The quantitative estimate of drug-likeness (QED) is 0.224. The molecule has 0 radical (unpaired) electrons. The van der Waals surface area contributed by atoms with Gasteiger partial charge in [0.1, 0.15) is 0 Å². The molecule has 16 heavy (non-hydrogen) atoms. The Bertz CT molecular complexity index is 588. The highest BCUT2D eigenvalue weighted by Gasteiger charge is 2.11. The summed E-state index contributed by atoms with van der Waals surface area (Å²) in [4.78, 5) is 16.7. The highest BCUT2D eigenvalue weighted by Crippen LogP contribution is 2.18. The van der Waals surface area contributed by atoms with Crippen molar-refractivity contribution in [2.24, 2.45) is 10.9 Å². The second-order valence-electron chi connectivity index (χ2n) is 3.03. The van der Waals surface area contributed by atoms with Gasteiger partial charge in [-0.1, -0.05) is 5.16 Å². The van der Waals surface area contributed by atoms with Crippen LogP contribution in [0.3, 0.4) is 0 Å². The number of nitrogens with one attached hydrogen (secondary N) is 1. The molecule has 1 heterocycles. The number of hydrogen-bond donors (Lipinski definition) is 3. The predicted octanol–water partition coefficient (Wildman–Crippen LogP) is 0.566. The molecule has 0 saturated carbocycles. The van der Waals surface area contributed by atoms with Gasteiger partial charge in [-0.15, -0.1) is 0 Å². The SMILES string of the molecule is N/C(=N\O)c1nc2ccc([N+](=O)[O-])cc2[nH]1. The third-order valence-corrected chi connectivity index (χ3v) is 2.03. The van der Waals surface area contributed by atoms with Gasteiger partial charge in [0.2, 0.25) is 5.84 Å². The van der Waals surface area contributed by atoms with Crippen LogP contribution in [-0.4, -0.2) is 25.9 Å². The third-order valence-electron chi connectivity index (χ3n) is 2.03. The molecule has 0 fully saturated rings. The number of amidine groups is 1. The number of nitro benzene ring substituents is 1. The van der Waals surface area contributed by atoms with Gasteiger partial charge < -0.3 is 15.9 Å². The minimum absolute atomic E-state index is 0.0535. The number of aromatic amines is 1. The molecule has 0 spiro atoms. The molecule has 82 valence electrons. The Hall–Kier alpha value is -2.64. The number of oxime groups is 1. The fourth-order valence-electron chi connectivity index (χ4n) is 1.28. The van der Waals surface area contributed by atoms with E-state index in [1.165, 1.54) is 18.2 Å². The largest absolute Gasteiger partial charge is 0.409 e. The van der Waals surface area contributed by atoms with Crippen LogP contribution in [0.1, 0.15) is 5.82 Å². The Morgan fingerprint density at radius 2 is 2.38 bits per heavy atom. The Morgan fingerprint density at radius 3 is 3.00 bits per heavy atom. The number of nitro groups is 1. The Kier molecular flexibility index (Phi) is 2.16. The van der Waals surface area contributed by atoms with Crippen molar-refractivity contribution in [3.05, 3.63) is 34.1 Å². The minimum Gasteiger partial charge on any atom is -0.409 e. The van der Waals surface area contributed by atoms with Crippen LogP contribution in [-0.2, 0) is 0 Å². The van der Waals surface area contributed by atoms with Crippen molar-refractivity contribution in [2.75, 3.05) is 0 Å². The maximum atomic E-state index is 10.5. The van der Waals surface area contributed by atoms with Crippen molar-refractivity contribution in [2.45, 2.75) is 0 Å². The molecule has 0 aliphatic rings. The lowest BCUT2D eigenvalue weighted by molar-refractivity contribution is -0.384. The van der Waals surface area contributed by atoms with Gasteiger partial charge in [0.05, 0.1) is 16.0 Å². The summed E-state index contributed by atoms with van der Waals surface area (Å²) in [6.45, 7) is 0.